The number of halogens is 2. The number of rotatable bonds is 3. The summed E-state index contributed by atoms with van der Waals surface area (Å²) in [5.74, 6) is -2.63. The molecule has 0 aliphatic carbocycles. The summed E-state index contributed by atoms with van der Waals surface area (Å²) in [6, 6.07) is 7.71. The molecule has 0 unspecified atom stereocenters. The Balaban J connectivity index is 2.15. The normalized spacial score (nSPS) is 11.6. The van der Waals surface area contributed by atoms with Gasteiger partial charge in [-0.25, -0.2) is 22.8 Å². The zero-order chi connectivity index (χ0) is 16.6. The first-order valence-electron chi connectivity index (χ1n) is 6.43. The van der Waals surface area contributed by atoms with Gasteiger partial charge in [0.05, 0.1) is 15.8 Å². The average Bonchev–Trinajstić information content (AvgIpc) is 2.51. The van der Waals surface area contributed by atoms with Gasteiger partial charge in [-0.15, -0.1) is 0 Å². The van der Waals surface area contributed by atoms with E-state index in [-0.39, 0.29) is 21.9 Å². The van der Waals surface area contributed by atoms with E-state index in [1.165, 1.54) is 36.7 Å². The molecule has 1 aromatic heterocycles. The lowest BCUT2D eigenvalue weighted by atomic mass is 10.2. The highest BCUT2D eigenvalue weighted by atomic mass is 32.2. The van der Waals surface area contributed by atoms with Crippen LogP contribution in [0.4, 0.5) is 8.78 Å². The van der Waals surface area contributed by atoms with E-state index in [0.29, 0.717) is 5.52 Å². The lowest BCUT2D eigenvalue weighted by Gasteiger charge is -2.09. The first-order chi connectivity index (χ1) is 10.9. The number of sulfone groups is 1. The van der Waals surface area contributed by atoms with Crippen molar-refractivity contribution < 1.29 is 21.9 Å². The maximum absolute atomic E-state index is 13.7. The standard InChI is InChI=1S/C15H10F2N2O3S/c1-23(20,21)9-5-6-12-10(7-9)15(19-8-18-12)22-13-4-2-3-11(16)14(13)17/h2-8H,1H3. The molecule has 0 atom stereocenters. The molecule has 3 rings (SSSR count). The van der Waals surface area contributed by atoms with Crippen LogP contribution in [0.2, 0.25) is 0 Å². The fraction of sp³-hybridized carbons (Fsp3) is 0.0667. The molecule has 118 valence electrons. The summed E-state index contributed by atoms with van der Waals surface area (Å²) < 4.78 is 55.6. The SMILES string of the molecule is CS(=O)(=O)c1ccc2ncnc(Oc3cccc(F)c3F)c2c1. The third-order valence-corrected chi connectivity index (χ3v) is 4.23. The number of ether oxygens (including phenoxy) is 1. The molecule has 0 radical (unpaired) electrons. The van der Waals surface area contributed by atoms with Gasteiger partial charge in [0.15, 0.2) is 21.4 Å². The van der Waals surface area contributed by atoms with Crippen molar-refractivity contribution in [2.24, 2.45) is 0 Å². The summed E-state index contributed by atoms with van der Waals surface area (Å²) in [4.78, 5) is 7.92. The van der Waals surface area contributed by atoms with E-state index in [1.807, 2.05) is 0 Å². The van der Waals surface area contributed by atoms with Crippen molar-refractivity contribution in [3.05, 3.63) is 54.4 Å². The van der Waals surface area contributed by atoms with Gasteiger partial charge in [-0.05, 0) is 30.3 Å². The number of nitrogens with zero attached hydrogens (tertiary/aromatic N) is 2. The molecule has 0 amide bonds. The zero-order valence-corrected chi connectivity index (χ0v) is 12.6. The first-order valence-corrected chi connectivity index (χ1v) is 8.32. The molecule has 0 aliphatic rings. The van der Waals surface area contributed by atoms with Crippen LogP contribution in [-0.2, 0) is 9.84 Å². The topological polar surface area (TPSA) is 69.2 Å². The Bertz CT molecular complexity index is 1010. The highest BCUT2D eigenvalue weighted by molar-refractivity contribution is 7.90. The molecule has 5 nitrogen and oxygen atoms in total. The molecule has 0 N–H and O–H groups in total. The van der Waals surface area contributed by atoms with E-state index in [4.69, 9.17) is 4.74 Å². The third kappa shape index (κ3) is 2.98. The maximum atomic E-state index is 13.7. The molecule has 0 aliphatic heterocycles. The van der Waals surface area contributed by atoms with Gasteiger partial charge >= 0.3 is 0 Å². The van der Waals surface area contributed by atoms with Gasteiger partial charge in [-0.3, -0.25) is 0 Å². The van der Waals surface area contributed by atoms with E-state index in [0.717, 1.165) is 12.3 Å². The largest absolute Gasteiger partial charge is 0.435 e. The van der Waals surface area contributed by atoms with Crippen LogP contribution in [0.25, 0.3) is 10.9 Å². The molecule has 3 aromatic rings. The van der Waals surface area contributed by atoms with Crippen molar-refractivity contribution >= 4 is 20.7 Å². The fourth-order valence-electron chi connectivity index (χ4n) is 1.99. The van der Waals surface area contributed by atoms with E-state index >= 15 is 0 Å². The summed E-state index contributed by atoms with van der Waals surface area (Å²) >= 11 is 0. The minimum Gasteiger partial charge on any atom is -0.435 e. The van der Waals surface area contributed by atoms with E-state index in [9.17, 15) is 17.2 Å². The van der Waals surface area contributed by atoms with Crippen molar-refractivity contribution in [1.29, 1.82) is 0 Å². The van der Waals surface area contributed by atoms with Gasteiger partial charge in [0.1, 0.15) is 6.33 Å². The molecule has 0 saturated carbocycles. The lowest BCUT2D eigenvalue weighted by molar-refractivity contribution is 0.408. The Morgan fingerprint density at radius 2 is 1.87 bits per heavy atom. The van der Waals surface area contributed by atoms with Gasteiger partial charge in [0.25, 0.3) is 0 Å². The monoisotopic (exact) mass is 336 g/mol. The van der Waals surface area contributed by atoms with Crippen molar-refractivity contribution in [2.45, 2.75) is 4.90 Å². The highest BCUT2D eigenvalue weighted by Crippen LogP contribution is 2.30. The summed E-state index contributed by atoms with van der Waals surface area (Å²) in [7, 11) is -3.44. The van der Waals surface area contributed by atoms with Gasteiger partial charge in [0.2, 0.25) is 11.7 Å². The van der Waals surface area contributed by atoms with Crippen LogP contribution in [0.3, 0.4) is 0 Å². The number of aromatic nitrogens is 2. The Morgan fingerprint density at radius 1 is 1.09 bits per heavy atom. The predicted octanol–water partition coefficient (Wildman–Crippen LogP) is 3.10. The molecule has 0 fully saturated rings. The van der Waals surface area contributed by atoms with Crippen molar-refractivity contribution in [2.75, 3.05) is 6.26 Å². The third-order valence-electron chi connectivity index (χ3n) is 3.12. The van der Waals surface area contributed by atoms with E-state index in [1.54, 1.807) is 0 Å². The zero-order valence-electron chi connectivity index (χ0n) is 11.8. The molecule has 8 heteroatoms. The maximum Gasteiger partial charge on any atom is 0.230 e. The molecule has 1 heterocycles. The van der Waals surface area contributed by atoms with Crippen molar-refractivity contribution in [3.63, 3.8) is 0 Å². The predicted molar refractivity (Wildman–Crippen MR) is 79.1 cm³/mol. The number of hydrogen-bond acceptors (Lipinski definition) is 5. The van der Waals surface area contributed by atoms with Crippen LogP contribution in [0.1, 0.15) is 0 Å². The van der Waals surface area contributed by atoms with Gasteiger partial charge in [0, 0.05) is 6.26 Å². The average molecular weight is 336 g/mol. The van der Waals surface area contributed by atoms with Crippen LogP contribution < -0.4 is 4.74 Å². The molecule has 23 heavy (non-hydrogen) atoms. The number of fused-ring (bicyclic) bond motifs is 1. The molecule has 0 spiro atoms. The highest BCUT2D eigenvalue weighted by Gasteiger charge is 2.15. The fourth-order valence-corrected chi connectivity index (χ4v) is 2.64. The molecule has 0 saturated heterocycles. The van der Waals surface area contributed by atoms with E-state index < -0.39 is 21.5 Å². The van der Waals surface area contributed by atoms with Gasteiger partial charge in [-0.1, -0.05) is 6.07 Å². The van der Waals surface area contributed by atoms with Crippen LogP contribution in [0.15, 0.2) is 47.6 Å². The molecule has 2 aromatic carbocycles. The Labute approximate surface area is 130 Å². The lowest BCUT2D eigenvalue weighted by Crippen LogP contribution is -1.99. The minimum absolute atomic E-state index is 0.0457. The van der Waals surface area contributed by atoms with Crippen LogP contribution >= 0.6 is 0 Å². The van der Waals surface area contributed by atoms with Crippen LogP contribution in [0.5, 0.6) is 11.6 Å². The Morgan fingerprint density at radius 3 is 2.61 bits per heavy atom. The quantitative estimate of drug-likeness (QED) is 0.735. The van der Waals surface area contributed by atoms with Crippen LogP contribution in [-0.4, -0.2) is 24.6 Å². The summed E-state index contributed by atoms with van der Waals surface area (Å²) in [5, 5.41) is 0.277. The minimum atomic E-state index is -3.44. The summed E-state index contributed by atoms with van der Waals surface area (Å²) in [6.45, 7) is 0. The molecular formula is C15H10F2N2O3S. The Hall–Kier alpha value is -2.61. The second-order valence-electron chi connectivity index (χ2n) is 4.78. The summed E-state index contributed by atoms with van der Waals surface area (Å²) in [6.07, 6.45) is 2.25. The number of hydrogen-bond donors (Lipinski definition) is 0. The Kier molecular flexibility index (Phi) is 3.69. The van der Waals surface area contributed by atoms with Gasteiger partial charge < -0.3 is 4.74 Å². The molecular weight excluding hydrogens is 326 g/mol. The van der Waals surface area contributed by atoms with E-state index in [2.05, 4.69) is 9.97 Å². The van der Waals surface area contributed by atoms with Crippen molar-refractivity contribution in [3.8, 4) is 11.6 Å². The number of benzene rings is 2. The molecule has 0 bridgehead atoms. The summed E-state index contributed by atoms with van der Waals surface area (Å²) in [5.41, 5.74) is 0.416. The second-order valence-corrected chi connectivity index (χ2v) is 6.80. The first kappa shape index (κ1) is 15.3. The smallest absolute Gasteiger partial charge is 0.230 e. The second kappa shape index (κ2) is 5.54. The van der Waals surface area contributed by atoms with Crippen LogP contribution in [0, 0.1) is 11.6 Å². The van der Waals surface area contributed by atoms with Crippen molar-refractivity contribution in [1.82, 2.24) is 9.97 Å². The van der Waals surface area contributed by atoms with Gasteiger partial charge in [-0.2, -0.15) is 4.39 Å².